The first-order valence-corrected chi connectivity index (χ1v) is 17.4. The minimum atomic E-state index is -0.521. The SMILES string of the molecule is CCCCc1ccc(C(=O)OC(=C(OC(=O)c2ccc(CCCC)cc2)c2ccc(C(C)(C)C)cc2)c2ccc(C(C)(C)C)cc2)cc1. The summed E-state index contributed by atoms with van der Waals surface area (Å²) in [5, 5.41) is 0. The van der Waals surface area contributed by atoms with Crippen molar-refractivity contribution in [3.05, 3.63) is 142 Å². The van der Waals surface area contributed by atoms with Gasteiger partial charge in [-0.2, -0.15) is 0 Å². The fourth-order valence-corrected chi connectivity index (χ4v) is 5.40. The van der Waals surface area contributed by atoms with E-state index in [9.17, 15) is 9.59 Å². The van der Waals surface area contributed by atoms with E-state index in [4.69, 9.17) is 9.47 Å². The van der Waals surface area contributed by atoms with Gasteiger partial charge in [-0.25, -0.2) is 9.59 Å². The van der Waals surface area contributed by atoms with Crippen LogP contribution >= 0.6 is 0 Å². The first-order chi connectivity index (χ1) is 22.8. The molecule has 252 valence electrons. The highest BCUT2D eigenvalue weighted by atomic mass is 16.6. The highest BCUT2D eigenvalue weighted by Gasteiger charge is 2.25. The smallest absolute Gasteiger partial charge is 0.343 e. The van der Waals surface area contributed by atoms with Crippen LogP contribution in [0.1, 0.15) is 135 Å². The summed E-state index contributed by atoms with van der Waals surface area (Å²) in [6.45, 7) is 17.2. The van der Waals surface area contributed by atoms with Crippen molar-refractivity contribution < 1.29 is 19.1 Å². The molecule has 4 aromatic rings. The number of esters is 2. The third-order valence-electron chi connectivity index (χ3n) is 8.64. The number of unbranched alkanes of at least 4 members (excludes halogenated alkanes) is 2. The molecule has 4 rings (SSSR count). The van der Waals surface area contributed by atoms with Gasteiger partial charge in [0, 0.05) is 11.1 Å². The molecule has 0 unspecified atom stereocenters. The second-order valence-electron chi connectivity index (χ2n) is 14.7. The van der Waals surface area contributed by atoms with Gasteiger partial charge >= 0.3 is 11.9 Å². The van der Waals surface area contributed by atoms with Gasteiger partial charge < -0.3 is 9.47 Å². The lowest BCUT2D eigenvalue weighted by molar-refractivity contribution is 0.0646. The van der Waals surface area contributed by atoms with Crippen molar-refractivity contribution in [3.8, 4) is 0 Å². The zero-order valence-electron chi connectivity index (χ0n) is 30.1. The van der Waals surface area contributed by atoms with E-state index >= 15 is 0 Å². The standard InChI is InChI=1S/C44H52O4/c1-9-11-13-31-15-19-35(20-16-31)41(45)47-39(33-23-27-37(28-24-33)43(3,4)5)40(34-25-29-38(30-26-34)44(6,7)8)48-42(46)36-21-17-32(18-22-36)14-12-10-2/h15-30H,9-14H2,1-8H3. The molecular formula is C44H52O4. The number of aryl methyl sites for hydroxylation is 2. The second-order valence-corrected chi connectivity index (χ2v) is 14.7. The van der Waals surface area contributed by atoms with Crippen molar-refractivity contribution >= 4 is 23.5 Å². The lowest BCUT2D eigenvalue weighted by atomic mass is 9.86. The lowest BCUT2D eigenvalue weighted by Gasteiger charge is -2.21. The van der Waals surface area contributed by atoms with E-state index in [2.05, 4.69) is 55.4 Å². The van der Waals surface area contributed by atoms with Gasteiger partial charge in [-0.3, -0.25) is 0 Å². The molecule has 0 N–H and O–H groups in total. The summed E-state index contributed by atoms with van der Waals surface area (Å²) in [6.07, 6.45) is 6.31. The Morgan fingerprint density at radius 1 is 0.458 bits per heavy atom. The van der Waals surface area contributed by atoms with Crippen molar-refractivity contribution in [2.45, 2.75) is 105 Å². The second kappa shape index (κ2) is 16.1. The maximum Gasteiger partial charge on any atom is 0.343 e. The normalized spacial score (nSPS) is 12.3. The van der Waals surface area contributed by atoms with Crippen LogP contribution in [0.2, 0.25) is 0 Å². The van der Waals surface area contributed by atoms with Crippen LogP contribution in [0.25, 0.3) is 11.5 Å². The molecule has 0 aliphatic rings. The molecule has 0 saturated carbocycles. The van der Waals surface area contributed by atoms with Crippen LogP contribution in [0.15, 0.2) is 97.1 Å². The fourth-order valence-electron chi connectivity index (χ4n) is 5.40. The number of carbonyl (C=O) groups excluding carboxylic acids is 2. The number of carbonyl (C=O) groups is 2. The van der Waals surface area contributed by atoms with Gasteiger partial charge in [-0.1, -0.05) is 141 Å². The van der Waals surface area contributed by atoms with Gasteiger partial charge in [0.15, 0.2) is 11.5 Å². The van der Waals surface area contributed by atoms with Crippen LogP contribution < -0.4 is 0 Å². The third-order valence-corrected chi connectivity index (χ3v) is 8.64. The first kappa shape index (κ1) is 36.4. The Balaban J connectivity index is 1.83. The Hall–Kier alpha value is -4.44. The lowest BCUT2D eigenvalue weighted by Crippen LogP contribution is -2.13. The number of rotatable bonds is 12. The maximum atomic E-state index is 13.8. The van der Waals surface area contributed by atoms with Crippen LogP contribution in [0, 0.1) is 0 Å². The molecule has 4 heteroatoms. The van der Waals surface area contributed by atoms with Crippen molar-refractivity contribution in [3.63, 3.8) is 0 Å². The monoisotopic (exact) mass is 644 g/mol. The minimum absolute atomic E-state index is 0.0695. The number of benzene rings is 4. The van der Waals surface area contributed by atoms with E-state index in [0.29, 0.717) is 22.3 Å². The van der Waals surface area contributed by atoms with Gasteiger partial charge in [-0.05, 0) is 83.0 Å². The zero-order valence-corrected chi connectivity index (χ0v) is 30.1. The highest BCUT2D eigenvalue weighted by Crippen LogP contribution is 2.34. The molecule has 0 spiro atoms. The Bertz CT molecular complexity index is 1550. The highest BCUT2D eigenvalue weighted by molar-refractivity contribution is 6.00. The van der Waals surface area contributed by atoms with Gasteiger partial charge in [-0.15, -0.1) is 0 Å². The molecule has 0 aromatic heterocycles. The topological polar surface area (TPSA) is 52.6 Å². The van der Waals surface area contributed by atoms with Crippen LogP contribution in [0.5, 0.6) is 0 Å². The largest absolute Gasteiger partial charge is 0.418 e. The molecule has 0 atom stereocenters. The first-order valence-electron chi connectivity index (χ1n) is 17.4. The molecule has 0 aliphatic carbocycles. The van der Waals surface area contributed by atoms with E-state index in [0.717, 1.165) is 49.7 Å². The minimum Gasteiger partial charge on any atom is -0.418 e. The quantitative estimate of drug-likeness (QED) is 0.0875. The summed E-state index contributed by atoms with van der Waals surface area (Å²) in [7, 11) is 0. The maximum absolute atomic E-state index is 13.8. The van der Waals surface area contributed by atoms with Crippen LogP contribution in [-0.4, -0.2) is 11.9 Å². The van der Waals surface area contributed by atoms with E-state index < -0.39 is 11.9 Å². The third kappa shape index (κ3) is 9.79. The summed E-state index contributed by atoms with van der Waals surface area (Å²) in [6, 6.07) is 31.0. The molecule has 4 nitrogen and oxygen atoms in total. The van der Waals surface area contributed by atoms with Crippen LogP contribution in [0.4, 0.5) is 0 Å². The zero-order chi connectivity index (χ0) is 34.9. The molecule has 48 heavy (non-hydrogen) atoms. The fraction of sp³-hybridized carbons (Fsp3) is 0.364. The summed E-state index contributed by atoms with van der Waals surface area (Å²) in [5.41, 5.74) is 6.60. The average molecular weight is 645 g/mol. The van der Waals surface area contributed by atoms with Crippen molar-refractivity contribution in [1.82, 2.24) is 0 Å². The van der Waals surface area contributed by atoms with E-state index in [-0.39, 0.29) is 22.3 Å². The molecule has 0 aliphatic heterocycles. The van der Waals surface area contributed by atoms with Crippen LogP contribution in [0.3, 0.4) is 0 Å². The summed E-state index contributed by atoms with van der Waals surface area (Å²) in [5.74, 6) is -0.668. The van der Waals surface area contributed by atoms with Gasteiger partial charge in [0.1, 0.15) is 0 Å². The molecular weight excluding hydrogens is 592 g/mol. The number of hydrogen-bond donors (Lipinski definition) is 0. The Labute approximate surface area is 288 Å². The van der Waals surface area contributed by atoms with Crippen LogP contribution in [-0.2, 0) is 33.1 Å². The molecule has 0 radical (unpaired) electrons. The van der Waals surface area contributed by atoms with E-state index in [1.54, 1.807) is 24.3 Å². The number of hydrogen-bond acceptors (Lipinski definition) is 4. The van der Waals surface area contributed by atoms with Crippen molar-refractivity contribution in [2.24, 2.45) is 0 Å². The predicted molar refractivity (Wildman–Crippen MR) is 198 cm³/mol. The van der Waals surface area contributed by atoms with Gasteiger partial charge in [0.2, 0.25) is 0 Å². The molecule has 0 bridgehead atoms. The molecule has 4 aromatic carbocycles. The number of ether oxygens (including phenoxy) is 2. The molecule has 0 heterocycles. The molecule has 0 amide bonds. The Morgan fingerprint density at radius 2 is 0.750 bits per heavy atom. The summed E-state index contributed by atoms with van der Waals surface area (Å²) < 4.78 is 12.5. The molecule has 0 saturated heterocycles. The summed E-state index contributed by atoms with van der Waals surface area (Å²) >= 11 is 0. The van der Waals surface area contributed by atoms with Crippen molar-refractivity contribution in [1.29, 1.82) is 0 Å². The van der Waals surface area contributed by atoms with Gasteiger partial charge in [0.05, 0.1) is 11.1 Å². The van der Waals surface area contributed by atoms with E-state index in [1.807, 2.05) is 72.8 Å². The van der Waals surface area contributed by atoms with Gasteiger partial charge in [0.25, 0.3) is 0 Å². The summed E-state index contributed by atoms with van der Waals surface area (Å²) in [4.78, 5) is 27.6. The molecule has 0 fully saturated rings. The van der Waals surface area contributed by atoms with E-state index in [1.165, 1.54) is 11.1 Å². The predicted octanol–water partition coefficient (Wildman–Crippen LogP) is 11.5. The Morgan fingerprint density at radius 3 is 1.02 bits per heavy atom. The Kier molecular flexibility index (Phi) is 12.2. The average Bonchev–Trinajstić information content (AvgIpc) is 3.07. The van der Waals surface area contributed by atoms with Crippen molar-refractivity contribution in [2.75, 3.05) is 0 Å².